The lowest BCUT2D eigenvalue weighted by Crippen LogP contribution is -2.32. The van der Waals surface area contributed by atoms with E-state index in [4.69, 9.17) is 5.73 Å². The van der Waals surface area contributed by atoms with Crippen molar-refractivity contribution in [1.82, 2.24) is 24.4 Å². The minimum Gasteiger partial charge on any atom is -0.369 e. The molecule has 2 aromatic heterocycles. The van der Waals surface area contributed by atoms with Crippen molar-refractivity contribution in [3.05, 3.63) is 27.0 Å². The van der Waals surface area contributed by atoms with E-state index < -0.39 is 11.1 Å². The number of hydrogen-bond acceptors (Lipinski definition) is 6. The second-order valence-corrected chi connectivity index (χ2v) is 5.29. The van der Waals surface area contributed by atoms with E-state index in [2.05, 4.69) is 19.9 Å². The van der Waals surface area contributed by atoms with Crippen LogP contribution in [-0.4, -0.2) is 44.1 Å². The van der Waals surface area contributed by atoms with Gasteiger partial charge in [0.25, 0.3) is 5.56 Å². The number of fused-ring (bicyclic) bond motifs is 1. The molecular formula is C13H18N6O2. The van der Waals surface area contributed by atoms with Crippen molar-refractivity contribution in [3.63, 3.8) is 0 Å². The lowest BCUT2D eigenvalue weighted by atomic mass is 10.1. The first-order valence-corrected chi connectivity index (χ1v) is 7.12. The van der Waals surface area contributed by atoms with Gasteiger partial charge in [-0.2, -0.15) is 4.98 Å². The van der Waals surface area contributed by atoms with E-state index in [0.29, 0.717) is 6.54 Å². The van der Waals surface area contributed by atoms with E-state index in [9.17, 15) is 9.59 Å². The monoisotopic (exact) mass is 290 g/mol. The Hall–Kier alpha value is -2.22. The third kappa shape index (κ3) is 2.80. The van der Waals surface area contributed by atoms with E-state index in [1.54, 1.807) is 4.57 Å². The number of imidazole rings is 1. The highest BCUT2D eigenvalue weighted by atomic mass is 16.1. The Morgan fingerprint density at radius 1 is 1.19 bits per heavy atom. The summed E-state index contributed by atoms with van der Waals surface area (Å²) in [5.41, 5.74) is 4.72. The predicted molar refractivity (Wildman–Crippen MR) is 79.1 cm³/mol. The molecule has 112 valence electrons. The van der Waals surface area contributed by atoms with Gasteiger partial charge < -0.3 is 15.2 Å². The maximum atomic E-state index is 12.1. The summed E-state index contributed by atoms with van der Waals surface area (Å²) in [7, 11) is 0. The molecule has 8 nitrogen and oxygen atoms in total. The van der Waals surface area contributed by atoms with E-state index in [0.717, 1.165) is 19.6 Å². The number of nitrogens with zero attached hydrogens (tertiary/aromatic N) is 4. The molecule has 3 N–H and O–H groups in total. The average molecular weight is 290 g/mol. The Labute approximate surface area is 120 Å². The number of aromatic amines is 1. The molecule has 0 radical (unpaired) electrons. The van der Waals surface area contributed by atoms with Crippen LogP contribution >= 0.6 is 0 Å². The molecule has 0 aliphatic carbocycles. The summed E-state index contributed by atoms with van der Waals surface area (Å²) < 4.78 is 1.70. The molecule has 0 bridgehead atoms. The smallest absolute Gasteiger partial charge is 0.301 e. The van der Waals surface area contributed by atoms with Gasteiger partial charge in [0.1, 0.15) is 5.52 Å². The zero-order valence-electron chi connectivity index (χ0n) is 11.7. The van der Waals surface area contributed by atoms with Crippen LogP contribution in [0.5, 0.6) is 0 Å². The Balaban J connectivity index is 1.93. The molecule has 3 heterocycles. The molecule has 1 fully saturated rings. The second-order valence-electron chi connectivity index (χ2n) is 5.29. The number of nitrogens with one attached hydrogen (secondary N) is 1. The molecule has 0 aromatic carbocycles. The standard InChI is InChI=1S/C13H18N6O2/c14-13-16-11(20)9-10(12(21)17-13)19(8-15-9)7-6-18-4-2-1-3-5-18/h8H,1-7H2,(H3,14,16,17,20,21). The number of hydrogen-bond donors (Lipinski definition) is 2. The fourth-order valence-corrected chi connectivity index (χ4v) is 2.74. The molecular weight excluding hydrogens is 272 g/mol. The first kappa shape index (κ1) is 13.7. The van der Waals surface area contributed by atoms with E-state index in [-0.39, 0.29) is 17.0 Å². The van der Waals surface area contributed by atoms with Crippen molar-refractivity contribution in [2.75, 3.05) is 25.4 Å². The van der Waals surface area contributed by atoms with Crippen LogP contribution in [0, 0.1) is 0 Å². The Morgan fingerprint density at radius 3 is 2.71 bits per heavy atom. The molecule has 8 heteroatoms. The minimum atomic E-state index is -0.586. The van der Waals surface area contributed by atoms with Gasteiger partial charge >= 0.3 is 5.56 Å². The summed E-state index contributed by atoms with van der Waals surface area (Å²) in [6.07, 6.45) is 5.23. The first-order chi connectivity index (χ1) is 10.1. The molecule has 21 heavy (non-hydrogen) atoms. The van der Waals surface area contributed by atoms with Crippen LogP contribution in [0.4, 0.5) is 5.95 Å². The van der Waals surface area contributed by atoms with Gasteiger partial charge in [-0.15, -0.1) is 0 Å². The summed E-state index contributed by atoms with van der Waals surface area (Å²) in [5.74, 6) is -0.189. The number of nitrogen functional groups attached to an aromatic ring is 1. The third-order valence-electron chi connectivity index (χ3n) is 3.82. The van der Waals surface area contributed by atoms with Crippen LogP contribution in [0.1, 0.15) is 19.3 Å². The number of H-pyrrole nitrogens is 1. The average Bonchev–Trinajstić information content (AvgIpc) is 2.85. The van der Waals surface area contributed by atoms with Crippen LogP contribution in [-0.2, 0) is 6.54 Å². The fourth-order valence-electron chi connectivity index (χ4n) is 2.74. The highest BCUT2D eigenvalue weighted by molar-refractivity contribution is 5.72. The van der Waals surface area contributed by atoms with Gasteiger partial charge in [0.15, 0.2) is 5.52 Å². The summed E-state index contributed by atoms with van der Waals surface area (Å²) in [6.45, 7) is 3.61. The molecule has 3 rings (SSSR count). The normalized spacial score (nSPS) is 16.4. The molecule has 0 unspecified atom stereocenters. The van der Waals surface area contributed by atoms with Crippen LogP contribution < -0.4 is 16.9 Å². The summed E-state index contributed by atoms with van der Waals surface area (Å²) in [6, 6.07) is 0. The van der Waals surface area contributed by atoms with E-state index in [1.165, 1.54) is 25.6 Å². The number of rotatable bonds is 3. The highest BCUT2D eigenvalue weighted by Crippen LogP contribution is 2.09. The zero-order chi connectivity index (χ0) is 14.8. The first-order valence-electron chi connectivity index (χ1n) is 7.12. The SMILES string of the molecule is Nc1nc(=O)c2ncn(CCN3CCCCC3)c2c(=O)[nH]1. The minimum absolute atomic E-state index is 0.0617. The Morgan fingerprint density at radius 2 is 1.95 bits per heavy atom. The van der Waals surface area contributed by atoms with Crippen molar-refractivity contribution < 1.29 is 0 Å². The largest absolute Gasteiger partial charge is 0.369 e. The van der Waals surface area contributed by atoms with Gasteiger partial charge in [-0.3, -0.25) is 14.6 Å². The van der Waals surface area contributed by atoms with Crippen molar-refractivity contribution in [1.29, 1.82) is 0 Å². The Kier molecular flexibility index (Phi) is 3.70. The number of anilines is 1. The topological polar surface area (TPSA) is 110 Å². The Bertz CT molecular complexity index is 759. The third-order valence-corrected chi connectivity index (χ3v) is 3.82. The summed E-state index contributed by atoms with van der Waals surface area (Å²) >= 11 is 0. The van der Waals surface area contributed by atoms with Gasteiger partial charge in [0.05, 0.1) is 6.33 Å². The second kappa shape index (κ2) is 5.65. The lowest BCUT2D eigenvalue weighted by Gasteiger charge is -2.26. The predicted octanol–water partition coefficient (Wildman–Crippen LogP) is -0.452. The van der Waals surface area contributed by atoms with Gasteiger partial charge in [-0.1, -0.05) is 6.42 Å². The number of likely N-dealkylation sites (tertiary alicyclic amines) is 1. The molecule has 1 saturated heterocycles. The van der Waals surface area contributed by atoms with E-state index >= 15 is 0 Å². The number of piperidine rings is 1. The molecule has 2 aromatic rings. The van der Waals surface area contributed by atoms with Gasteiger partial charge in [-0.25, -0.2) is 4.98 Å². The zero-order valence-corrected chi connectivity index (χ0v) is 11.7. The molecule has 1 aliphatic rings. The van der Waals surface area contributed by atoms with Crippen LogP contribution in [0.2, 0.25) is 0 Å². The number of nitrogens with two attached hydrogens (primary N) is 1. The molecule has 0 saturated carbocycles. The van der Waals surface area contributed by atoms with Crippen LogP contribution in [0.3, 0.4) is 0 Å². The fraction of sp³-hybridized carbons (Fsp3) is 0.538. The molecule has 1 aliphatic heterocycles. The maximum Gasteiger partial charge on any atom is 0.301 e. The van der Waals surface area contributed by atoms with Gasteiger partial charge in [-0.05, 0) is 25.9 Å². The van der Waals surface area contributed by atoms with Crippen LogP contribution in [0.25, 0.3) is 11.0 Å². The molecule has 0 atom stereocenters. The van der Waals surface area contributed by atoms with Gasteiger partial charge in [0.2, 0.25) is 5.95 Å². The number of aromatic nitrogens is 4. The lowest BCUT2D eigenvalue weighted by molar-refractivity contribution is 0.221. The highest BCUT2D eigenvalue weighted by Gasteiger charge is 2.13. The molecule has 0 amide bonds. The van der Waals surface area contributed by atoms with E-state index in [1.807, 2.05) is 0 Å². The quantitative estimate of drug-likeness (QED) is 0.792. The van der Waals surface area contributed by atoms with Crippen molar-refractivity contribution in [3.8, 4) is 0 Å². The van der Waals surface area contributed by atoms with Crippen molar-refractivity contribution in [2.45, 2.75) is 25.8 Å². The van der Waals surface area contributed by atoms with Crippen LogP contribution in [0.15, 0.2) is 15.9 Å². The van der Waals surface area contributed by atoms with Gasteiger partial charge in [0, 0.05) is 13.1 Å². The van der Waals surface area contributed by atoms with Crippen molar-refractivity contribution in [2.24, 2.45) is 0 Å². The summed E-state index contributed by atoms with van der Waals surface area (Å²) in [4.78, 5) is 36.3. The maximum absolute atomic E-state index is 12.1. The summed E-state index contributed by atoms with van der Waals surface area (Å²) in [5, 5.41) is 0. The molecule has 0 spiro atoms. The van der Waals surface area contributed by atoms with Crippen molar-refractivity contribution >= 4 is 17.0 Å².